The van der Waals surface area contributed by atoms with Gasteiger partial charge in [0, 0.05) is 0 Å². The molecule has 126 valence electrons. The number of para-hydroxylation sites is 2. The highest BCUT2D eigenvalue weighted by Gasteiger charge is 2.13. The van der Waals surface area contributed by atoms with Gasteiger partial charge in [0.1, 0.15) is 12.4 Å². The minimum Gasteiger partial charge on any atom is -0.491 e. The van der Waals surface area contributed by atoms with Crippen molar-refractivity contribution in [2.24, 2.45) is 0 Å². The number of imidazole rings is 1. The first-order valence-corrected chi connectivity index (χ1v) is 9.29. The second-order valence-corrected chi connectivity index (χ2v) is 7.12. The standard InChI is InChI=1S/C21H20N2OS/c1-15-9-10-16(2)19(14-15)24-12-11-23-18-7-4-3-6-17(18)22-21(23)20-8-5-13-25-20/h3-10,13-14H,11-12H2,1-2H3. The van der Waals surface area contributed by atoms with Crippen molar-refractivity contribution < 1.29 is 4.74 Å². The summed E-state index contributed by atoms with van der Waals surface area (Å²) in [6.45, 7) is 5.55. The van der Waals surface area contributed by atoms with Crippen LogP contribution in [0.3, 0.4) is 0 Å². The molecule has 4 aromatic rings. The third-order valence-corrected chi connectivity index (χ3v) is 5.18. The van der Waals surface area contributed by atoms with Crippen molar-refractivity contribution in [1.29, 1.82) is 0 Å². The second kappa shape index (κ2) is 6.73. The van der Waals surface area contributed by atoms with Gasteiger partial charge in [0.2, 0.25) is 0 Å². The summed E-state index contributed by atoms with van der Waals surface area (Å²) in [5.41, 5.74) is 4.56. The Morgan fingerprint density at radius 2 is 1.92 bits per heavy atom. The van der Waals surface area contributed by atoms with E-state index in [4.69, 9.17) is 9.72 Å². The summed E-state index contributed by atoms with van der Waals surface area (Å²) in [5, 5.41) is 2.09. The van der Waals surface area contributed by atoms with Gasteiger partial charge in [0.25, 0.3) is 0 Å². The van der Waals surface area contributed by atoms with Gasteiger partial charge < -0.3 is 9.30 Å². The summed E-state index contributed by atoms with van der Waals surface area (Å²) in [6, 6.07) is 18.8. The number of hydrogen-bond donors (Lipinski definition) is 0. The van der Waals surface area contributed by atoms with Crippen LogP contribution in [-0.4, -0.2) is 16.2 Å². The van der Waals surface area contributed by atoms with Crippen LogP contribution in [-0.2, 0) is 6.54 Å². The van der Waals surface area contributed by atoms with Crippen molar-refractivity contribution in [2.45, 2.75) is 20.4 Å². The van der Waals surface area contributed by atoms with Crippen molar-refractivity contribution in [2.75, 3.05) is 6.61 Å². The van der Waals surface area contributed by atoms with Gasteiger partial charge in [-0.25, -0.2) is 4.98 Å². The van der Waals surface area contributed by atoms with E-state index in [1.807, 2.05) is 6.07 Å². The Morgan fingerprint density at radius 1 is 1.04 bits per heavy atom. The van der Waals surface area contributed by atoms with E-state index in [0.717, 1.165) is 29.2 Å². The largest absolute Gasteiger partial charge is 0.491 e. The lowest BCUT2D eigenvalue weighted by molar-refractivity contribution is 0.299. The maximum absolute atomic E-state index is 6.07. The van der Waals surface area contributed by atoms with Crippen LogP contribution in [0, 0.1) is 13.8 Å². The maximum atomic E-state index is 6.07. The molecule has 0 saturated carbocycles. The van der Waals surface area contributed by atoms with Crippen molar-refractivity contribution in [3.8, 4) is 16.5 Å². The number of hydrogen-bond acceptors (Lipinski definition) is 3. The van der Waals surface area contributed by atoms with Gasteiger partial charge in [-0.15, -0.1) is 11.3 Å². The molecule has 4 rings (SSSR count). The van der Waals surface area contributed by atoms with Crippen molar-refractivity contribution in [3.05, 3.63) is 71.1 Å². The molecule has 0 fully saturated rings. The smallest absolute Gasteiger partial charge is 0.151 e. The zero-order valence-corrected chi connectivity index (χ0v) is 15.2. The predicted molar refractivity (Wildman–Crippen MR) is 104 cm³/mol. The first-order chi connectivity index (χ1) is 12.2. The number of aromatic nitrogens is 2. The molecule has 2 heterocycles. The number of benzene rings is 2. The summed E-state index contributed by atoms with van der Waals surface area (Å²) in [4.78, 5) is 6.01. The highest BCUT2D eigenvalue weighted by Crippen LogP contribution is 2.28. The van der Waals surface area contributed by atoms with Gasteiger partial charge in [-0.3, -0.25) is 0 Å². The molecular weight excluding hydrogens is 328 g/mol. The third-order valence-electron chi connectivity index (χ3n) is 4.31. The Labute approximate surface area is 151 Å². The Balaban J connectivity index is 1.62. The molecule has 3 nitrogen and oxygen atoms in total. The molecule has 2 aromatic carbocycles. The number of fused-ring (bicyclic) bond motifs is 1. The molecular formula is C21H20N2OS. The first kappa shape index (κ1) is 15.9. The summed E-state index contributed by atoms with van der Waals surface area (Å²) in [5.74, 6) is 1.97. The van der Waals surface area contributed by atoms with Crippen LogP contribution in [0.25, 0.3) is 21.7 Å². The summed E-state index contributed by atoms with van der Waals surface area (Å²) in [6.07, 6.45) is 0. The van der Waals surface area contributed by atoms with E-state index in [-0.39, 0.29) is 0 Å². The van der Waals surface area contributed by atoms with Crippen LogP contribution < -0.4 is 4.74 Å². The molecule has 0 radical (unpaired) electrons. The molecule has 0 N–H and O–H groups in total. The Bertz CT molecular complexity index is 1000. The topological polar surface area (TPSA) is 27.1 Å². The lowest BCUT2D eigenvalue weighted by Crippen LogP contribution is -2.09. The Morgan fingerprint density at radius 3 is 2.76 bits per heavy atom. The van der Waals surface area contributed by atoms with E-state index in [1.54, 1.807) is 11.3 Å². The number of thiophene rings is 1. The first-order valence-electron chi connectivity index (χ1n) is 8.41. The highest BCUT2D eigenvalue weighted by atomic mass is 32.1. The minimum atomic E-state index is 0.614. The van der Waals surface area contributed by atoms with Crippen LogP contribution >= 0.6 is 11.3 Å². The van der Waals surface area contributed by atoms with E-state index in [2.05, 4.69) is 72.3 Å². The third kappa shape index (κ3) is 3.17. The van der Waals surface area contributed by atoms with E-state index in [9.17, 15) is 0 Å². The number of ether oxygens (including phenoxy) is 1. The van der Waals surface area contributed by atoms with Gasteiger partial charge in [0.05, 0.1) is 22.5 Å². The minimum absolute atomic E-state index is 0.614. The summed E-state index contributed by atoms with van der Waals surface area (Å²) < 4.78 is 8.32. The normalized spacial score (nSPS) is 11.1. The Kier molecular flexibility index (Phi) is 4.28. The molecule has 0 amide bonds. The molecule has 4 heteroatoms. The van der Waals surface area contributed by atoms with Crippen molar-refractivity contribution in [3.63, 3.8) is 0 Å². The Hall–Kier alpha value is -2.59. The highest BCUT2D eigenvalue weighted by molar-refractivity contribution is 7.13. The van der Waals surface area contributed by atoms with Crippen molar-refractivity contribution >= 4 is 22.4 Å². The average molecular weight is 348 g/mol. The predicted octanol–water partition coefficient (Wildman–Crippen LogP) is 5.46. The van der Waals surface area contributed by atoms with E-state index >= 15 is 0 Å². The van der Waals surface area contributed by atoms with Crippen LogP contribution in [0.5, 0.6) is 5.75 Å². The zero-order chi connectivity index (χ0) is 17.2. The molecule has 2 aromatic heterocycles. The molecule has 0 aliphatic carbocycles. The number of nitrogens with zero attached hydrogens (tertiary/aromatic N) is 2. The quantitative estimate of drug-likeness (QED) is 0.479. The van der Waals surface area contributed by atoms with Gasteiger partial charge in [-0.1, -0.05) is 30.3 Å². The fourth-order valence-electron chi connectivity index (χ4n) is 3.01. The fraction of sp³-hybridized carbons (Fsp3) is 0.190. The van der Waals surface area contributed by atoms with E-state index in [0.29, 0.717) is 6.61 Å². The number of rotatable bonds is 5. The van der Waals surface area contributed by atoms with Crippen LogP contribution in [0.4, 0.5) is 0 Å². The van der Waals surface area contributed by atoms with Crippen molar-refractivity contribution in [1.82, 2.24) is 9.55 Å². The molecule has 25 heavy (non-hydrogen) atoms. The molecule has 0 unspecified atom stereocenters. The molecule has 0 spiro atoms. The zero-order valence-electron chi connectivity index (χ0n) is 14.4. The SMILES string of the molecule is Cc1ccc(C)c(OCCn2c(-c3cccs3)nc3ccccc32)c1. The molecule has 0 atom stereocenters. The average Bonchev–Trinajstić information content (AvgIpc) is 3.26. The number of aryl methyl sites for hydroxylation is 2. The maximum Gasteiger partial charge on any atom is 0.151 e. The van der Waals surface area contributed by atoms with E-state index < -0.39 is 0 Å². The molecule has 0 aliphatic heterocycles. The van der Waals surface area contributed by atoms with Crippen LogP contribution in [0.2, 0.25) is 0 Å². The van der Waals surface area contributed by atoms with Gasteiger partial charge in [0.15, 0.2) is 5.82 Å². The van der Waals surface area contributed by atoms with Crippen LogP contribution in [0.1, 0.15) is 11.1 Å². The van der Waals surface area contributed by atoms with Crippen LogP contribution in [0.15, 0.2) is 60.0 Å². The van der Waals surface area contributed by atoms with E-state index in [1.165, 1.54) is 16.0 Å². The lowest BCUT2D eigenvalue weighted by atomic mass is 10.1. The monoisotopic (exact) mass is 348 g/mol. The summed E-state index contributed by atoms with van der Waals surface area (Å²) >= 11 is 1.72. The van der Waals surface area contributed by atoms with Gasteiger partial charge in [-0.2, -0.15) is 0 Å². The molecule has 0 aliphatic rings. The molecule has 0 saturated heterocycles. The second-order valence-electron chi connectivity index (χ2n) is 6.17. The van der Waals surface area contributed by atoms with Gasteiger partial charge >= 0.3 is 0 Å². The fourth-order valence-corrected chi connectivity index (χ4v) is 3.73. The lowest BCUT2D eigenvalue weighted by Gasteiger charge is -2.12. The van der Waals surface area contributed by atoms with Gasteiger partial charge in [-0.05, 0) is 54.6 Å². The summed E-state index contributed by atoms with van der Waals surface area (Å²) in [7, 11) is 0. The molecule has 0 bridgehead atoms.